The molecule has 0 aliphatic rings. The minimum Gasteiger partial charge on any atom is -0.508 e. The molecule has 0 heterocycles. The Balaban J connectivity index is 0.000000295. The Morgan fingerprint density at radius 3 is 1.11 bits per heavy atom. The summed E-state index contributed by atoms with van der Waals surface area (Å²) in [5.41, 5.74) is 8.91. The molecule has 1 N–H and O–H groups in total. The summed E-state index contributed by atoms with van der Waals surface area (Å²) in [7, 11) is 3.30. The molecule has 0 unspecified atom stereocenters. The van der Waals surface area contributed by atoms with Crippen LogP contribution in [0.1, 0.15) is 118 Å². The molecule has 4 aromatic carbocycles. The zero-order valence-corrected chi connectivity index (χ0v) is 29.7. The van der Waals surface area contributed by atoms with Crippen LogP contribution in [-0.2, 0) is 0 Å². The highest BCUT2D eigenvalue weighted by atomic mass is 16.5. The van der Waals surface area contributed by atoms with Gasteiger partial charge in [0.25, 0.3) is 0 Å². The van der Waals surface area contributed by atoms with Crippen molar-refractivity contribution < 1.29 is 14.6 Å². The molecule has 3 heteroatoms. The number of benzene rings is 4. The average molecular weight is 599 g/mol. The van der Waals surface area contributed by atoms with Gasteiger partial charge in [0, 0.05) is 0 Å². The van der Waals surface area contributed by atoms with Gasteiger partial charge in [-0.3, -0.25) is 0 Å². The van der Waals surface area contributed by atoms with Crippen molar-refractivity contribution in [2.24, 2.45) is 0 Å². The monoisotopic (exact) mass is 598 g/mol. The van der Waals surface area contributed by atoms with Crippen molar-refractivity contribution in [1.82, 2.24) is 0 Å². The number of phenols is 1. The summed E-state index contributed by atoms with van der Waals surface area (Å²) in [5, 5.41) is 9.35. The first kappa shape index (κ1) is 38.3. The van der Waals surface area contributed by atoms with E-state index >= 15 is 0 Å². The summed E-state index contributed by atoms with van der Waals surface area (Å²) >= 11 is 0. The summed E-state index contributed by atoms with van der Waals surface area (Å²) in [5.74, 6) is 4.29. The van der Waals surface area contributed by atoms with Crippen LogP contribution in [0.4, 0.5) is 0 Å². The number of aromatic hydroxyl groups is 1. The molecule has 0 aliphatic carbocycles. The van der Waals surface area contributed by atoms with Crippen LogP contribution >= 0.6 is 0 Å². The number of aryl methyl sites for hydroxylation is 3. The highest BCUT2D eigenvalue weighted by Gasteiger charge is 2.06. The SMILES string of the molecule is COc1ccc(C(C)C)cc1OC.Cc1ccc(C(C)C)cc1.Cc1ccc(C(C)C)cc1.Cc1ccc(C(C)C)cc1O. The second kappa shape index (κ2) is 19.5. The molecule has 4 rings (SSSR count). The molecule has 0 saturated heterocycles. The molecular weight excluding hydrogens is 540 g/mol. The van der Waals surface area contributed by atoms with Gasteiger partial charge in [-0.05, 0) is 90.5 Å². The van der Waals surface area contributed by atoms with Gasteiger partial charge in [-0.2, -0.15) is 0 Å². The number of phenolic OH excluding ortho intramolecular Hbond substituents is 1. The van der Waals surface area contributed by atoms with E-state index in [9.17, 15) is 5.11 Å². The largest absolute Gasteiger partial charge is 0.508 e. The van der Waals surface area contributed by atoms with Gasteiger partial charge in [0.2, 0.25) is 0 Å². The summed E-state index contributed by atoms with van der Waals surface area (Å²) in [6.07, 6.45) is 0. The Morgan fingerprint density at radius 2 is 0.773 bits per heavy atom. The predicted molar refractivity (Wildman–Crippen MR) is 191 cm³/mol. The Morgan fingerprint density at radius 1 is 0.432 bits per heavy atom. The Bertz CT molecular complexity index is 1300. The number of hydrogen-bond acceptors (Lipinski definition) is 3. The van der Waals surface area contributed by atoms with Crippen molar-refractivity contribution in [2.45, 2.75) is 99.8 Å². The number of hydrogen-bond donors (Lipinski definition) is 1. The average Bonchev–Trinajstić information content (AvgIpc) is 2.99. The lowest BCUT2D eigenvalue weighted by molar-refractivity contribution is 0.354. The van der Waals surface area contributed by atoms with Gasteiger partial charge >= 0.3 is 0 Å². The third-order valence-corrected chi connectivity index (χ3v) is 7.46. The molecule has 0 atom stereocenters. The molecule has 3 nitrogen and oxygen atoms in total. The van der Waals surface area contributed by atoms with E-state index < -0.39 is 0 Å². The standard InChI is InChI=1S/C11H16O2.C10H14O.2C10H14/c1-8(2)9-5-6-10(12-3)11(7-9)13-4;1-7(2)9-5-4-8(3)10(11)6-9;2*1-8(2)10-6-4-9(3)5-7-10/h5-8H,1-4H3;4-7,11H,1-3H3;2*4-8H,1-3H3. The molecule has 240 valence electrons. The van der Waals surface area contributed by atoms with Crippen LogP contribution in [0.5, 0.6) is 17.2 Å². The molecule has 0 aromatic heterocycles. The summed E-state index contributed by atoms with van der Waals surface area (Å²) in [6, 6.07) is 29.3. The van der Waals surface area contributed by atoms with Crippen LogP contribution in [0.2, 0.25) is 0 Å². The minimum absolute atomic E-state index is 0.399. The lowest BCUT2D eigenvalue weighted by Crippen LogP contribution is -1.93. The van der Waals surface area contributed by atoms with Crippen LogP contribution in [0.15, 0.2) is 84.9 Å². The quantitative estimate of drug-likeness (QED) is 0.240. The molecule has 0 spiro atoms. The topological polar surface area (TPSA) is 38.7 Å². The highest BCUT2D eigenvalue weighted by Crippen LogP contribution is 2.30. The zero-order chi connectivity index (χ0) is 33.4. The lowest BCUT2D eigenvalue weighted by atomic mass is 10.0. The maximum absolute atomic E-state index is 9.35. The van der Waals surface area contributed by atoms with Gasteiger partial charge < -0.3 is 14.6 Å². The third-order valence-electron chi connectivity index (χ3n) is 7.46. The highest BCUT2D eigenvalue weighted by molar-refractivity contribution is 5.43. The second-order valence-corrected chi connectivity index (χ2v) is 12.6. The van der Waals surface area contributed by atoms with E-state index in [1.54, 1.807) is 14.2 Å². The summed E-state index contributed by atoms with van der Waals surface area (Å²) < 4.78 is 10.3. The van der Waals surface area contributed by atoms with Crippen molar-refractivity contribution in [2.75, 3.05) is 14.2 Å². The molecule has 0 radical (unpaired) electrons. The molecule has 4 aromatic rings. The molecule has 0 bridgehead atoms. The van der Waals surface area contributed by atoms with E-state index in [1.165, 1.54) is 33.4 Å². The van der Waals surface area contributed by atoms with E-state index in [-0.39, 0.29) is 0 Å². The van der Waals surface area contributed by atoms with Crippen LogP contribution in [0.25, 0.3) is 0 Å². The number of rotatable bonds is 6. The van der Waals surface area contributed by atoms with E-state index in [0.29, 0.717) is 29.4 Å². The van der Waals surface area contributed by atoms with Gasteiger partial charge in [-0.25, -0.2) is 0 Å². The normalized spacial score (nSPS) is 10.4. The Kier molecular flexibility index (Phi) is 17.0. The number of methoxy groups -OCH3 is 2. The minimum atomic E-state index is 0.399. The van der Waals surface area contributed by atoms with Gasteiger partial charge in [-0.1, -0.05) is 133 Å². The fourth-order valence-corrected chi connectivity index (χ4v) is 4.10. The summed E-state index contributed by atoms with van der Waals surface area (Å²) in [4.78, 5) is 0. The van der Waals surface area contributed by atoms with Gasteiger partial charge in [0.15, 0.2) is 11.5 Å². The van der Waals surface area contributed by atoms with Crippen molar-refractivity contribution in [1.29, 1.82) is 0 Å². The van der Waals surface area contributed by atoms with Crippen LogP contribution in [-0.4, -0.2) is 19.3 Å². The van der Waals surface area contributed by atoms with Crippen LogP contribution in [0.3, 0.4) is 0 Å². The molecular formula is C41H58O3. The fourth-order valence-electron chi connectivity index (χ4n) is 4.10. The van der Waals surface area contributed by atoms with Gasteiger partial charge in [0.1, 0.15) is 5.75 Å². The Labute approximate surface area is 269 Å². The van der Waals surface area contributed by atoms with E-state index in [0.717, 1.165) is 17.1 Å². The van der Waals surface area contributed by atoms with E-state index in [1.807, 2.05) is 31.2 Å². The van der Waals surface area contributed by atoms with Crippen molar-refractivity contribution in [3.05, 3.63) is 124 Å². The first-order valence-corrected chi connectivity index (χ1v) is 15.8. The smallest absolute Gasteiger partial charge is 0.160 e. The molecule has 0 saturated carbocycles. The van der Waals surface area contributed by atoms with Crippen molar-refractivity contribution >= 4 is 0 Å². The maximum atomic E-state index is 9.35. The number of ether oxygens (including phenoxy) is 2. The van der Waals surface area contributed by atoms with Crippen molar-refractivity contribution in [3.8, 4) is 17.2 Å². The second-order valence-electron chi connectivity index (χ2n) is 12.6. The molecule has 0 fully saturated rings. The third kappa shape index (κ3) is 13.7. The van der Waals surface area contributed by atoms with Gasteiger partial charge in [-0.15, -0.1) is 0 Å². The van der Waals surface area contributed by atoms with Crippen LogP contribution in [0, 0.1) is 20.8 Å². The lowest BCUT2D eigenvalue weighted by Gasteiger charge is -2.11. The van der Waals surface area contributed by atoms with Crippen molar-refractivity contribution in [3.63, 3.8) is 0 Å². The first-order valence-electron chi connectivity index (χ1n) is 15.8. The molecule has 0 amide bonds. The first-order chi connectivity index (χ1) is 20.7. The van der Waals surface area contributed by atoms with E-state index in [4.69, 9.17) is 9.47 Å². The molecule has 0 aliphatic heterocycles. The maximum Gasteiger partial charge on any atom is 0.160 e. The predicted octanol–water partition coefficient (Wildman–Crippen LogP) is 11.9. The summed E-state index contributed by atoms with van der Waals surface area (Å²) in [6.45, 7) is 23.5. The fraction of sp³-hybridized carbons (Fsp3) is 0.415. The Hall–Kier alpha value is -3.72. The van der Waals surface area contributed by atoms with Gasteiger partial charge in [0.05, 0.1) is 14.2 Å². The van der Waals surface area contributed by atoms with E-state index in [2.05, 4.69) is 130 Å². The van der Waals surface area contributed by atoms with Crippen LogP contribution < -0.4 is 9.47 Å². The molecule has 44 heavy (non-hydrogen) atoms. The zero-order valence-electron chi connectivity index (χ0n) is 29.7.